The van der Waals surface area contributed by atoms with Crippen molar-refractivity contribution in [2.24, 2.45) is 0 Å². The highest BCUT2D eigenvalue weighted by molar-refractivity contribution is 5.47. The van der Waals surface area contributed by atoms with Crippen LogP contribution in [0.5, 0.6) is 0 Å². The second kappa shape index (κ2) is 2.85. The second-order valence-corrected chi connectivity index (χ2v) is 2.56. The average molecular weight is 178 g/mol. The van der Waals surface area contributed by atoms with Gasteiger partial charge in [-0.25, -0.2) is 9.07 Å². The molecule has 0 aliphatic carbocycles. The van der Waals surface area contributed by atoms with Gasteiger partial charge in [0.25, 0.3) is 0 Å². The zero-order chi connectivity index (χ0) is 9.26. The molecular weight excluding hydrogens is 171 g/mol. The summed E-state index contributed by atoms with van der Waals surface area (Å²) in [5.41, 5.74) is 6.30. The Bertz CT molecular complexity index is 410. The standard InChI is InChI=1S/C8H7FN4/c9-7-2-1-6(10)5-8(7)13-4-3-11-12-13/h1-5H,10H2. The normalized spacial score (nSPS) is 10.2. The highest BCUT2D eigenvalue weighted by Crippen LogP contribution is 2.14. The summed E-state index contributed by atoms with van der Waals surface area (Å²) in [6.45, 7) is 0. The molecule has 0 fully saturated rings. The van der Waals surface area contributed by atoms with Crippen LogP contribution in [0, 0.1) is 5.82 Å². The summed E-state index contributed by atoms with van der Waals surface area (Å²) in [4.78, 5) is 0. The molecule has 0 unspecified atom stereocenters. The molecule has 13 heavy (non-hydrogen) atoms. The molecule has 66 valence electrons. The minimum atomic E-state index is -0.375. The zero-order valence-electron chi connectivity index (χ0n) is 6.68. The fraction of sp³-hybridized carbons (Fsp3) is 0. The molecule has 0 atom stereocenters. The maximum atomic E-state index is 13.2. The SMILES string of the molecule is Nc1ccc(F)c(-n2ccnn2)c1. The minimum Gasteiger partial charge on any atom is -0.399 e. The Morgan fingerprint density at radius 1 is 1.38 bits per heavy atom. The van der Waals surface area contributed by atoms with E-state index in [4.69, 9.17) is 5.73 Å². The maximum Gasteiger partial charge on any atom is 0.149 e. The number of rotatable bonds is 1. The van der Waals surface area contributed by atoms with Crippen LogP contribution in [0.25, 0.3) is 5.69 Å². The Labute approximate surface area is 73.8 Å². The van der Waals surface area contributed by atoms with Crippen LogP contribution in [-0.2, 0) is 0 Å². The van der Waals surface area contributed by atoms with Gasteiger partial charge in [-0.2, -0.15) is 0 Å². The highest BCUT2D eigenvalue weighted by atomic mass is 19.1. The molecule has 2 N–H and O–H groups in total. The Morgan fingerprint density at radius 2 is 2.23 bits per heavy atom. The first-order valence-corrected chi connectivity index (χ1v) is 3.69. The van der Waals surface area contributed by atoms with Gasteiger partial charge >= 0.3 is 0 Å². The molecule has 0 aliphatic heterocycles. The Balaban J connectivity index is 2.57. The van der Waals surface area contributed by atoms with E-state index in [1.807, 2.05) is 0 Å². The van der Waals surface area contributed by atoms with Gasteiger partial charge in [0.15, 0.2) is 0 Å². The molecule has 1 heterocycles. The first kappa shape index (κ1) is 7.72. The van der Waals surface area contributed by atoms with Crippen molar-refractivity contribution in [3.05, 3.63) is 36.4 Å². The topological polar surface area (TPSA) is 56.7 Å². The van der Waals surface area contributed by atoms with Crippen LogP contribution in [0.4, 0.5) is 10.1 Å². The highest BCUT2D eigenvalue weighted by Gasteiger charge is 2.04. The Hall–Kier alpha value is -1.91. The van der Waals surface area contributed by atoms with Crippen LogP contribution in [0.15, 0.2) is 30.6 Å². The van der Waals surface area contributed by atoms with E-state index >= 15 is 0 Å². The molecule has 0 saturated carbocycles. The van der Waals surface area contributed by atoms with E-state index < -0.39 is 0 Å². The molecule has 0 spiro atoms. The number of hydrogen-bond donors (Lipinski definition) is 1. The van der Waals surface area contributed by atoms with Crippen molar-refractivity contribution in [2.75, 3.05) is 5.73 Å². The number of nitrogens with two attached hydrogens (primary N) is 1. The van der Waals surface area contributed by atoms with E-state index in [1.54, 1.807) is 6.20 Å². The third-order valence-corrected chi connectivity index (χ3v) is 1.64. The smallest absolute Gasteiger partial charge is 0.149 e. The fourth-order valence-corrected chi connectivity index (χ4v) is 1.04. The monoisotopic (exact) mass is 178 g/mol. The van der Waals surface area contributed by atoms with Crippen molar-refractivity contribution in [3.63, 3.8) is 0 Å². The summed E-state index contributed by atoms with van der Waals surface area (Å²) in [5.74, 6) is -0.375. The second-order valence-electron chi connectivity index (χ2n) is 2.56. The van der Waals surface area contributed by atoms with E-state index in [0.717, 1.165) is 0 Å². The lowest BCUT2D eigenvalue weighted by Gasteiger charge is -2.02. The van der Waals surface area contributed by atoms with Gasteiger partial charge < -0.3 is 5.73 Å². The maximum absolute atomic E-state index is 13.2. The summed E-state index contributed by atoms with van der Waals surface area (Å²) in [6, 6.07) is 4.30. The molecule has 2 aromatic rings. The molecule has 1 aromatic carbocycles. The average Bonchev–Trinajstić information content (AvgIpc) is 2.61. The zero-order valence-corrected chi connectivity index (χ0v) is 6.68. The van der Waals surface area contributed by atoms with Crippen LogP contribution in [0.1, 0.15) is 0 Å². The number of halogens is 1. The predicted octanol–water partition coefficient (Wildman–Crippen LogP) is 0.989. The van der Waals surface area contributed by atoms with E-state index in [1.165, 1.54) is 29.1 Å². The van der Waals surface area contributed by atoms with Crippen molar-refractivity contribution in [1.82, 2.24) is 15.0 Å². The van der Waals surface area contributed by atoms with Crippen molar-refractivity contribution in [3.8, 4) is 5.69 Å². The molecule has 0 saturated heterocycles. The Morgan fingerprint density at radius 3 is 2.92 bits per heavy atom. The lowest BCUT2D eigenvalue weighted by atomic mass is 10.3. The van der Waals surface area contributed by atoms with Crippen LogP contribution in [0.2, 0.25) is 0 Å². The molecule has 1 aromatic heterocycles. The molecule has 0 radical (unpaired) electrons. The predicted molar refractivity (Wildman–Crippen MR) is 45.7 cm³/mol. The number of hydrogen-bond acceptors (Lipinski definition) is 3. The van der Waals surface area contributed by atoms with Gasteiger partial charge in [-0.1, -0.05) is 5.21 Å². The van der Waals surface area contributed by atoms with Crippen LogP contribution >= 0.6 is 0 Å². The quantitative estimate of drug-likeness (QED) is 0.662. The number of aromatic nitrogens is 3. The lowest BCUT2D eigenvalue weighted by Crippen LogP contribution is -1.99. The van der Waals surface area contributed by atoms with Gasteiger partial charge in [-0.15, -0.1) is 5.10 Å². The summed E-state index contributed by atoms with van der Waals surface area (Å²) in [7, 11) is 0. The molecule has 4 nitrogen and oxygen atoms in total. The molecule has 0 bridgehead atoms. The van der Waals surface area contributed by atoms with Gasteiger partial charge in [0, 0.05) is 5.69 Å². The van der Waals surface area contributed by atoms with E-state index in [9.17, 15) is 4.39 Å². The number of anilines is 1. The number of nitrogens with zero attached hydrogens (tertiary/aromatic N) is 3. The molecular formula is C8H7FN4. The molecule has 0 aliphatic rings. The van der Waals surface area contributed by atoms with Crippen LogP contribution in [0.3, 0.4) is 0 Å². The van der Waals surface area contributed by atoms with E-state index in [-0.39, 0.29) is 5.82 Å². The van der Waals surface area contributed by atoms with Gasteiger partial charge in [0.05, 0.1) is 12.4 Å². The van der Waals surface area contributed by atoms with Crippen molar-refractivity contribution < 1.29 is 4.39 Å². The summed E-state index contributed by atoms with van der Waals surface area (Å²) >= 11 is 0. The van der Waals surface area contributed by atoms with Crippen molar-refractivity contribution >= 4 is 5.69 Å². The van der Waals surface area contributed by atoms with E-state index in [0.29, 0.717) is 11.4 Å². The first-order valence-electron chi connectivity index (χ1n) is 3.69. The molecule has 5 heteroatoms. The van der Waals surface area contributed by atoms with Crippen molar-refractivity contribution in [2.45, 2.75) is 0 Å². The van der Waals surface area contributed by atoms with Gasteiger partial charge in [0.1, 0.15) is 11.5 Å². The summed E-state index contributed by atoms with van der Waals surface area (Å²) in [6.07, 6.45) is 3.03. The number of nitrogen functional groups attached to an aromatic ring is 1. The summed E-state index contributed by atoms with van der Waals surface area (Å²) < 4.78 is 14.5. The largest absolute Gasteiger partial charge is 0.399 e. The summed E-state index contributed by atoms with van der Waals surface area (Å²) in [5, 5.41) is 7.23. The van der Waals surface area contributed by atoms with Gasteiger partial charge in [-0.05, 0) is 18.2 Å². The lowest BCUT2D eigenvalue weighted by molar-refractivity contribution is 0.607. The van der Waals surface area contributed by atoms with Gasteiger partial charge in [0.2, 0.25) is 0 Å². The fourth-order valence-electron chi connectivity index (χ4n) is 1.04. The first-order chi connectivity index (χ1) is 6.27. The minimum absolute atomic E-state index is 0.303. The third kappa shape index (κ3) is 1.35. The van der Waals surface area contributed by atoms with Crippen molar-refractivity contribution in [1.29, 1.82) is 0 Å². The molecule has 0 amide bonds. The van der Waals surface area contributed by atoms with Crippen LogP contribution in [-0.4, -0.2) is 15.0 Å². The van der Waals surface area contributed by atoms with Gasteiger partial charge in [-0.3, -0.25) is 0 Å². The number of benzene rings is 1. The molecule has 2 rings (SSSR count). The Kier molecular flexibility index (Phi) is 1.70. The third-order valence-electron chi connectivity index (χ3n) is 1.64. The van der Waals surface area contributed by atoms with E-state index in [2.05, 4.69) is 10.3 Å². The van der Waals surface area contributed by atoms with Crippen LogP contribution < -0.4 is 5.73 Å².